The molecule has 0 aromatic heterocycles. The fraction of sp³-hybridized carbons (Fsp3) is 0.462. The summed E-state index contributed by atoms with van der Waals surface area (Å²) in [5, 5.41) is 13.6. The Morgan fingerprint density at radius 1 is 1.35 bits per heavy atom. The van der Waals surface area contributed by atoms with Gasteiger partial charge in [-0.25, -0.2) is 0 Å². The predicted octanol–water partition coefficient (Wildman–Crippen LogP) is 2.26. The Kier molecular flexibility index (Phi) is 5.82. The molecule has 0 bridgehead atoms. The van der Waals surface area contributed by atoms with Crippen molar-refractivity contribution in [3.63, 3.8) is 0 Å². The summed E-state index contributed by atoms with van der Waals surface area (Å²) in [7, 11) is 0. The lowest BCUT2D eigenvalue weighted by Crippen LogP contribution is -2.42. The zero-order valence-corrected chi connectivity index (χ0v) is 11.1. The van der Waals surface area contributed by atoms with Crippen LogP contribution >= 0.6 is 0 Å². The second-order valence-electron chi connectivity index (χ2n) is 4.37. The third-order valence-corrected chi connectivity index (χ3v) is 3.03. The van der Waals surface area contributed by atoms with E-state index in [1.165, 1.54) is 0 Å². The minimum Gasteiger partial charge on any atom is -0.409 e. The van der Waals surface area contributed by atoms with E-state index < -0.39 is 24.5 Å². The van der Waals surface area contributed by atoms with Crippen molar-refractivity contribution in [3.05, 3.63) is 35.4 Å². The van der Waals surface area contributed by atoms with Crippen molar-refractivity contribution < 1.29 is 18.4 Å². The molecule has 0 saturated heterocycles. The fourth-order valence-electron chi connectivity index (χ4n) is 1.88. The molecular weight excluding hydrogens is 271 g/mol. The number of nitrogens with one attached hydrogen (secondary N) is 1. The van der Waals surface area contributed by atoms with Gasteiger partial charge in [0.15, 0.2) is 5.84 Å². The van der Waals surface area contributed by atoms with E-state index in [1.54, 1.807) is 0 Å². The molecule has 4 N–H and O–H groups in total. The van der Waals surface area contributed by atoms with Crippen LogP contribution in [0, 0.1) is 5.92 Å². The first-order valence-corrected chi connectivity index (χ1v) is 6.21. The molecule has 7 heteroatoms. The van der Waals surface area contributed by atoms with Crippen molar-refractivity contribution in [2.75, 3.05) is 6.54 Å². The van der Waals surface area contributed by atoms with Gasteiger partial charge in [-0.3, -0.25) is 0 Å². The maximum Gasteiger partial charge on any atom is 0.400 e. The fourth-order valence-corrected chi connectivity index (χ4v) is 1.88. The molecule has 112 valence electrons. The van der Waals surface area contributed by atoms with E-state index in [0.29, 0.717) is 6.54 Å². The molecule has 20 heavy (non-hydrogen) atoms. The van der Waals surface area contributed by atoms with Gasteiger partial charge in [0.1, 0.15) is 5.92 Å². The summed E-state index contributed by atoms with van der Waals surface area (Å²) in [5.41, 5.74) is 7.10. The molecule has 1 rings (SSSR count). The molecule has 4 nitrogen and oxygen atoms in total. The lowest BCUT2D eigenvalue weighted by atomic mass is 10.0. The average Bonchev–Trinajstić information content (AvgIpc) is 2.41. The molecule has 0 aliphatic carbocycles. The standard InChI is InChI=1S/C13H18F3N3O/c1-2-9-5-3-4-6-10(9)7-18-8-11(12(17)19-20)13(14,15)16/h3-6,11,18,20H,2,7-8H2,1H3,(H2,17,19). The van der Waals surface area contributed by atoms with Gasteiger partial charge in [-0.05, 0) is 17.5 Å². The highest BCUT2D eigenvalue weighted by Crippen LogP contribution is 2.26. The highest BCUT2D eigenvalue weighted by Gasteiger charge is 2.42. The number of nitrogens with zero attached hydrogens (tertiary/aromatic N) is 1. The van der Waals surface area contributed by atoms with E-state index in [1.807, 2.05) is 31.2 Å². The van der Waals surface area contributed by atoms with Gasteiger partial charge in [0.25, 0.3) is 0 Å². The Labute approximate surface area is 115 Å². The van der Waals surface area contributed by atoms with E-state index in [2.05, 4.69) is 10.5 Å². The van der Waals surface area contributed by atoms with Gasteiger partial charge < -0.3 is 16.3 Å². The molecule has 1 unspecified atom stereocenters. The van der Waals surface area contributed by atoms with Crippen molar-refractivity contribution in [2.24, 2.45) is 16.8 Å². The van der Waals surface area contributed by atoms with Crippen LogP contribution in [0.4, 0.5) is 13.2 Å². The van der Waals surface area contributed by atoms with Gasteiger partial charge in [0, 0.05) is 13.1 Å². The second kappa shape index (κ2) is 7.14. The summed E-state index contributed by atoms with van der Waals surface area (Å²) in [6, 6.07) is 7.51. The number of aryl methyl sites for hydroxylation is 1. The Morgan fingerprint density at radius 2 is 1.95 bits per heavy atom. The zero-order valence-electron chi connectivity index (χ0n) is 11.1. The lowest BCUT2D eigenvalue weighted by Gasteiger charge is -2.19. The first-order chi connectivity index (χ1) is 9.40. The summed E-state index contributed by atoms with van der Waals surface area (Å²) in [6.45, 7) is 1.85. The quantitative estimate of drug-likeness (QED) is 0.325. The van der Waals surface area contributed by atoms with Gasteiger partial charge in [0.05, 0.1) is 0 Å². The molecular formula is C13H18F3N3O. The summed E-state index contributed by atoms with van der Waals surface area (Å²) in [6.07, 6.45) is -3.74. The molecule has 0 aliphatic heterocycles. The minimum atomic E-state index is -4.55. The van der Waals surface area contributed by atoms with E-state index in [4.69, 9.17) is 10.9 Å². The van der Waals surface area contributed by atoms with Gasteiger partial charge >= 0.3 is 6.18 Å². The van der Waals surface area contributed by atoms with Gasteiger partial charge in [-0.15, -0.1) is 0 Å². The Hall–Kier alpha value is -1.76. The van der Waals surface area contributed by atoms with E-state index in [9.17, 15) is 13.2 Å². The summed E-state index contributed by atoms with van der Waals surface area (Å²) >= 11 is 0. The SMILES string of the molecule is CCc1ccccc1CNCC(/C(N)=N/O)C(F)(F)F. The van der Waals surface area contributed by atoms with Crippen molar-refractivity contribution in [3.8, 4) is 0 Å². The molecule has 0 heterocycles. The third-order valence-electron chi connectivity index (χ3n) is 3.03. The number of benzene rings is 1. The van der Waals surface area contributed by atoms with Gasteiger partial charge in [-0.1, -0.05) is 36.3 Å². The molecule has 1 aromatic carbocycles. The second-order valence-corrected chi connectivity index (χ2v) is 4.37. The van der Waals surface area contributed by atoms with E-state index in [0.717, 1.165) is 17.5 Å². The number of oxime groups is 1. The molecule has 1 aromatic rings. The van der Waals surface area contributed by atoms with Crippen LogP contribution in [-0.2, 0) is 13.0 Å². The maximum absolute atomic E-state index is 12.7. The minimum absolute atomic E-state index is 0.301. The van der Waals surface area contributed by atoms with Crippen LogP contribution in [-0.4, -0.2) is 23.8 Å². The maximum atomic E-state index is 12.7. The predicted molar refractivity (Wildman–Crippen MR) is 70.5 cm³/mol. The number of alkyl halides is 3. The number of nitrogens with two attached hydrogens (primary N) is 1. The smallest absolute Gasteiger partial charge is 0.400 e. The first kappa shape index (κ1) is 16.3. The van der Waals surface area contributed by atoms with Crippen LogP contribution in [0.25, 0.3) is 0 Å². The Balaban J connectivity index is 2.66. The van der Waals surface area contributed by atoms with E-state index >= 15 is 0 Å². The molecule has 0 amide bonds. The number of hydrogen-bond acceptors (Lipinski definition) is 3. The highest BCUT2D eigenvalue weighted by molar-refractivity contribution is 5.83. The molecule has 0 fully saturated rings. The number of rotatable bonds is 6. The number of halogens is 3. The van der Waals surface area contributed by atoms with Crippen LogP contribution in [0.3, 0.4) is 0 Å². The summed E-state index contributed by atoms with van der Waals surface area (Å²) in [4.78, 5) is 0. The van der Waals surface area contributed by atoms with Crippen LogP contribution in [0.1, 0.15) is 18.1 Å². The summed E-state index contributed by atoms with van der Waals surface area (Å²) in [5.74, 6) is -2.84. The number of amidine groups is 1. The van der Waals surface area contributed by atoms with Crippen molar-refractivity contribution in [1.82, 2.24) is 5.32 Å². The average molecular weight is 289 g/mol. The zero-order chi connectivity index (χ0) is 15.2. The van der Waals surface area contributed by atoms with Crippen LogP contribution in [0.15, 0.2) is 29.4 Å². The van der Waals surface area contributed by atoms with Crippen LogP contribution < -0.4 is 11.1 Å². The van der Waals surface area contributed by atoms with Crippen LogP contribution in [0.5, 0.6) is 0 Å². The van der Waals surface area contributed by atoms with E-state index in [-0.39, 0.29) is 0 Å². The lowest BCUT2D eigenvalue weighted by molar-refractivity contribution is -0.154. The van der Waals surface area contributed by atoms with Gasteiger partial charge in [0.2, 0.25) is 0 Å². The molecule has 0 radical (unpaired) electrons. The van der Waals surface area contributed by atoms with Crippen molar-refractivity contribution in [1.29, 1.82) is 0 Å². The Bertz CT molecular complexity index is 460. The van der Waals surface area contributed by atoms with Crippen LogP contribution in [0.2, 0.25) is 0 Å². The largest absolute Gasteiger partial charge is 0.409 e. The van der Waals surface area contributed by atoms with Gasteiger partial charge in [-0.2, -0.15) is 13.2 Å². The highest BCUT2D eigenvalue weighted by atomic mass is 19.4. The first-order valence-electron chi connectivity index (χ1n) is 6.21. The monoisotopic (exact) mass is 289 g/mol. The Morgan fingerprint density at radius 3 is 2.45 bits per heavy atom. The summed E-state index contributed by atoms with van der Waals surface area (Å²) < 4.78 is 38.2. The molecule has 0 saturated carbocycles. The van der Waals surface area contributed by atoms with Crippen molar-refractivity contribution in [2.45, 2.75) is 26.1 Å². The molecule has 0 spiro atoms. The topological polar surface area (TPSA) is 70.6 Å². The van der Waals surface area contributed by atoms with Crippen molar-refractivity contribution >= 4 is 5.84 Å². The molecule has 1 atom stereocenters. The number of hydrogen-bond donors (Lipinski definition) is 3. The normalized spacial score (nSPS) is 14.3. The third kappa shape index (κ3) is 4.41. The molecule has 0 aliphatic rings.